The Kier molecular flexibility index (Phi) is 2.03. The summed E-state index contributed by atoms with van der Waals surface area (Å²) in [6, 6.07) is 7.76. The van der Waals surface area contributed by atoms with Crippen molar-refractivity contribution < 1.29 is 9.90 Å². The van der Waals surface area contributed by atoms with Crippen LogP contribution in [0.5, 0.6) is 0 Å². The van der Waals surface area contributed by atoms with Crippen LogP contribution in [-0.4, -0.2) is 22.1 Å². The summed E-state index contributed by atoms with van der Waals surface area (Å²) in [7, 11) is 0. The Balaban J connectivity index is 2.17. The van der Waals surface area contributed by atoms with E-state index in [9.17, 15) is 9.90 Å². The van der Waals surface area contributed by atoms with Crippen molar-refractivity contribution in [3.05, 3.63) is 36.0 Å². The molecule has 4 heteroatoms. The number of nitrogens with two attached hydrogens (primary N) is 1. The number of aliphatic carboxylic acids is 1. The molecule has 0 radical (unpaired) electrons. The first-order valence-electron chi connectivity index (χ1n) is 5.69. The first-order chi connectivity index (χ1) is 8.13. The van der Waals surface area contributed by atoms with E-state index in [2.05, 4.69) is 4.98 Å². The zero-order valence-electron chi connectivity index (χ0n) is 9.31. The molecule has 1 aromatic heterocycles. The third-order valence-electron chi connectivity index (χ3n) is 3.74. The number of carboxylic acid groups (broad SMARTS) is 1. The van der Waals surface area contributed by atoms with E-state index in [0.717, 1.165) is 16.5 Å². The fourth-order valence-electron chi connectivity index (χ4n) is 2.81. The molecule has 1 aliphatic rings. The first kappa shape index (κ1) is 10.4. The second kappa shape index (κ2) is 3.34. The van der Waals surface area contributed by atoms with Crippen LogP contribution in [-0.2, 0) is 10.2 Å². The van der Waals surface area contributed by atoms with Crippen molar-refractivity contribution in [3.63, 3.8) is 0 Å². The molecule has 1 fully saturated rings. The predicted molar refractivity (Wildman–Crippen MR) is 64.8 cm³/mol. The van der Waals surface area contributed by atoms with Crippen LogP contribution >= 0.6 is 0 Å². The van der Waals surface area contributed by atoms with Crippen molar-refractivity contribution in [2.45, 2.75) is 24.3 Å². The van der Waals surface area contributed by atoms with Crippen LogP contribution in [0.2, 0.25) is 0 Å². The fraction of sp³-hybridized carbons (Fsp3) is 0.308. The van der Waals surface area contributed by atoms with Crippen molar-refractivity contribution in [1.82, 2.24) is 4.98 Å². The van der Waals surface area contributed by atoms with Gasteiger partial charge in [-0.05, 0) is 24.5 Å². The van der Waals surface area contributed by atoms with Crippen LogP contribution in [0.4, 0.5) is 0 Å². The average molecular weight is 230 g/mol. The van der Waals surface area contributed by atoms with E-state index in [1.54, 1.807) is 0 Å². The number of rotatable bonds is 2. The summed E-state index contributed by atoms with van der Waals surface area (Å²) in [6.07, 6.45) is 2.85. The van der Waals surface area contributed by atoms with Crippen molar-refractivity contribution in [2.24, 2.45) is 5.73 Å². The predicted octanol–water partition coefficient (Wildman–Crippen LogP) is 1.61. The molecule has 4 N–H and O–H groups in total. The number of fused-ring (bicyclic) bond motifs is 1. The van der Waals surface area contributed by atoms with Gasteiger partial charge in [-0.2, -0.15) is 0 Å². The van der Waals surface area contributed by atoms with E-state index in [0.29, 0.717) is 12.8 Å². The molecular formula is C13H14N2O2. The number of nitrogens with one attached hydrogen (secondary N) is 1. The summed E-state index contributed by atoms with van der Waals surface area (Å²) in [6.45, 7) is 0. The molecule has 17 heavy (non-hydrogen) atoms. The van der Waals surface area contributed by atoms with Gasteiger partial charge in [-0.25, -0.2) is 0 Å². The van der Waals surface area contributed by atoms with Crippen LogP contribution in [0.15, 0.2) is 30.5 Å². The zero-order valence-corrected chi connectivity index (χ0v) is 9.31. The minimum Gasteiger partial charge on any atom is -0.481 e. The Bertz CT molecular complexity index is 582. The molecule has 88 valence electrons. The maximum absolute atomic E-state index is 11.5. The SMILES string of the molecule is NC1CC(C(=O)O)(c2c[nH]c3ccccc23)C1. The number of carbonyl (C=O) groups is 1. The highest BCUT2D eigenvalue weighted by molar-refractivity contribution is 5.93. The number of aromatic amines is 1. The van der Waals surface area contributed by atoms with E-state index in [1.807, 2.05) is 30.5 Å². The van der Waals surface area contributed by atoms with Gasteiger partial charge in [0, 0.05) is 23.1 Å². The van der Waals surface area contributed by atoms with Gasteiger partial charge in [-0.1, -0.05) is 18.2 Å². The highest BCUT2D eigenvalue weighted by Gasteiger charge is 2.51. The summed E-state index contributed by atoms with van der Waals surface area (Å²) in [5.41, 5.74) is 6.81. The van der Waals surface area contributed by atoms with Crippen LogP contribution in [0.25, 0.3) is 10.9 Å². The molecule has 0 amide bonds. The number of benzene rings is 1. The Morgan fingerprint density at radius 2 is 2.12 bits per heavy atom. The molecule has 0 spiro atoms. The van der Waals surface area contributed by atoms with Crippen molar-refractivity contribution in [2.75, 3.05) is 0 Å². The highest BCUT2D eigenvalue weighted by Crippen LogP contribution is 2.45. The van der Waals surface area contributed by atoms with E-state index in [-0.39, 0.29) is 6.04 Å². The largest absolute Gasteiger partial charge is 0.481 e. The molecule has 3 rings (SSSR count). The van der Waals surface area contributed by atoms with Crippen molar-refractivity contribution in [1.29, 1.82) is 0 Å². The van der Waals surface area contributed by atoms with Gasteiger partial charge in [0.15, 0.2) is 0 Å². The molecule has 2 aromatic rings. The molecular weight excluding hydrogens is 216 g/mol. The van der Waals surface area contributed by atoms with Gasteiger partial charge in [-0.15, -0.1) is 0 Å². The molecule has 0 aliphatic heterocycles. The molecule has 0 unspecified atom stereocenters. The molecule has 0 bridgehead atoms. The number of carboxylic acids is 1. The van der Waals surface area contributed by atoms with E-state index < -0.39 is 11.4 Å². The maximum atomic E-state index is 11.5. The summed E-state index contributed by atoms with van der Waals surface area (Å²) >= 11 is 0. The zero-order chi connectivity index (χ0) is 12.0. The molecule has 1 aromatic carbocycles. The van der Waals surface area contributed by atoms with Gasteiger partial charge in [0.1, 0.15) is 0 Å². The lowest BCUT2D eigenvalue weighted by molar-refractivity contribution is -0.148. The Labute approximate surface area is 98.4 Å². The van der Waals surface area contributed by atoms with Gasteiger partial charge >= 0.3 is 5.97 Å². The second-order valence-corrected chi connectivity index (χ2v) is 4.80. The van der Waals surface area contributed by atoms with Gasteiger partial charge in [-0.3, -0.25) is 4.79 Å². The second-order valence-electron chi connectivity index (χ2n) is 4.80. The number of hydrogen-bond donors (Lipinski definition) is 3. The van der Waals surface area contributed by atoms with E-state index in [1.165, 1.54) is 0 Å². The van der Waals surface area contributed by atoms with Crippen LogP contribution in [0.1, 0.15) is 18.4 Å². The lowest BCUT2D eigenvalue weighted by Gasteiger charge is -2.42. The van der Waals surface area contributed by atoms with Gasteiger partial charge in [0.2, 0.25) is 0 Å². The summed E-state index contributed by atoms with van der Waals surface area (Å²) < 4.78 is 0. The molecule has 0 saturated heterocycles. The lowest BCUT2D eigenvalue weighted by atomic mass is 9.62. The topological polar surface area (TPSA) is 79.1 Å². The fourth-order valence-corrected chi connectivity index (χ4v) is 2.81. The van der Waals surface area contributed by atoms with Crippen LogP contribution in [0.3, 0.4) is 0 Å². The third kappa shape index (κ3) is 1.31. The standard InChI is InChI=1S/C13H14N2O2/c14-8-5-13(6-8,12(16)17)10-7-15-11-4-2-1-3-9(10)11/h1-4,7-8,15H,5-6,14H2,(H,16,17). The Morgan fingerprint density at radius 3 is 2.76 bits per heavy atom. The molecule has 1 saturated carbocycles. The van der Waals surface area contributed by atoms with Crippen LogP contribution < -0.4 is 5.73 Å². The third-order valence-corrected chi connectivity index (χ3v) is 3.74. The number of H-pyrrole nitrogens is 1. The van der Waals surface area contributed by atoms with Crippen molar-refractivity contribution >= 4 is 16.9 Å². The Morgan fingerprint density at radius 1 is 1.41 bits per heavy atom. The van der Waals surface area contributed by atoms with Crippen molar-refractivity contribution in [3.8, 4) is 0 Å². The van der Waals surface area contributed by atoms with Gasteiger partial charge < -0.3 is 15.8 Å². The highest BCUT2D eigenvalue weighted by atomic mass is 16.4. The number of hydrogen-bond acceptors (Lipinski definition) is 2. The van der Waals surface area contributed by atoms with E-state index >= 15 is 0 Å². The quantitative estimate of drug-likeness (QED) is 0.733. The molecule has 1 aliphatic carbocycles. The van der Waals surface area contributed by atoms with Gasteiger partial charge in [0.05, 0.1) is 5.41 Å². The monoisotopic (exact) mass is 230 g/mol. The Hall–Kier alpha value is -1.81. The van der Waals surface area contributed by atoms with Gasteiger partial charge in [0.25, 0.3) is 0 Å². The summed E-state index contributed by atoms with van der Waals surface area (Å²) in [5.74, 6) is -0.774. The smallest absolute Gasteiger partial charge is 0.314 e. The minimum atomic E-state index is -0.793. The van der Waals surface area contributed by atoms with Crippen LogP contribution in [0, 0.1) is 0 Å². The number of aromatic nitrogens is 1. The number of para-hydroxylation sites is 1. The minimum absolute atomic E-state index is 0.000220. The summed E-state index contributed by atoms with van der Waals surface area (Å²) in [5, 5.41) is 10.5. The molecule has 1 heterocycles. The molecule has 4 nitrogen and oxygen atoms in total. The average Bonchev–Trinajstić information content (AvgIpc) is 2.68. The lowest BCUT2D eigenvalue weighted by Crippen LogP contribution is -2.54. The summed E-state index contributed by atoms with van der Waals surface area (Å²) in [4.78, 5) is 14.6. The first-order valence-corrected chi connectivity index (χ1v) is 5.69. The maximum Gasteiger partial charge on any atom is 0.314 e. The molecule has 0 atom stereocenters. The normalized spacial score (nSPS) is 27.9. The van der Waals surface area contributed by atoms with E-state index in [4.69, 9.17) is 5.73 Å².